The van der Waals surface area contributed by atoms with Gasteiger partial charge in [-0.25, -0.2) is 18.1 Å². The van der Waals surface area contributed by atoms with Crippen molar-refractivity contribution >= 4 is 26.3 Å². The number of aliphatic hydroxyl groups is 5. The van der Waals surface area contributed by atoms with E-state index < -0.39 is 99.9 Å². The van der Waals surface area contributed by atoms with Crippen LogP contribution in [0.15, 0.2) is 21.9 Å². The molecule has 1 aromatic heterocycles. The summed E-state index contributed by atoms with van der Waals surface area (Å²) in [4.78, 5) is 46.1. The average Bonchev–Trinajstić information content (AvgIpc) is 3.17. The fraction of sp³-hybridized carbons (Fsp3) is 0.684. The van der Waals surface area contributed by atoms with E-state index in [2.05, 4.69) is 26.6 Å². The number of aromatic nitrogens is 2. The SMILES string of the molecule is C#C[C@@]1(OC)[C@H](O)[C@@H](COP(O)(=S)OP(=O)(O)OC2OC([C@@H](F)CO)C(O)C(O)C2O)O[C@H]1n1ccc(=O)[nH]c1=O. The maximum Gasteiger partial charge on any atom is 0.481 e. The summed E-state index contributed by atoms with van der Waals surface area (Å²) in [7, 11) is -4.46. The van der Waals surface area contributed by atoms with Gasteiger partial charge in [0.1, 0.15) is 36.6 Å². The van der Waals surface area contributed by atoms with Crippen LogP contribution in [0.1, 0.15) is 6.23 Å². The molecule has 2 fully saturated rings. The summed E-state index contributed by atoms with van der Waals surface area (Å²) < 4.78 is 56.9. The molecule has 41 heavy (non-hydrogen) atoms. The molecule has 0 saturated carbocycles. The van der Waals surface area contributed by atoms with Crippen molar-refractivity contribution in [3.05, 3.63) is 33.1 Å². The number of hydrogen-bond acceptors (Lipinski definition) is 15. The van der Waals surface area contributed by atoms with Crippen LogP contribution in [0.3, 0.4) is 0 Å². The van der Waals surface area contributed by atoms with Crippen LogP contribution in [-0.4, -0.2) is 120 Å². The highest BCUT2D eigenvalue weighted by Crippen LogP contribution is 2.62. The lowest BCUT2D eigenvalue weighted by molar-refractivity contribution is -0.287. The Kier molecular flexibility index (Phi) is 10.8. The molecule has 0 spiro atoms. The second-order valence-corrected chi connectivity index (χ2v) is 13.1. The van der Waals surface area contributed by atoms with Gasteiger partial charge in [-0.05, 0) is 11.8 Å². The molecule has 22 heteroatoms. The first-order valence-corrected chi connectivity index (χ1v) is 15.4. The molecule has 232 valence electrons. The van der Waals surface area contributed by atoms with Crippen molar-refractivity contribution in [1.29, 1.82) is 0 Å². The minimum absolute atomic E-state index is 0.743. The first kappa shape index (κ1) is 34.0. The molecule has 0 aromatic carbocycles. The number of terminal acetylenes is 1. The number of alkyl halides is 1. The quantitative estimate of drug-likeness (QED) is 0.0845. The molecule has 7 unspecified atom stereocenters. The second kappa shape index (κ2) is 13.0. The van der Waals surface area contributed by atoms with E-state index in [1.807, 2.05) is 4.98 Å². The van der Waals surface area contributed by atoms with Gasteiger partial charge in [0.25, 0.3) is 5.56 Å². The molecule has 2 aliphatic heterocycles. The number of H-pyrrole nitrogens is 1. The fourth-order valence-corrected chi connectivity index (χ4v) is 7.15. The first-order chi connectivity index (χ1) is 19.0. The lowest BCUT2D eigenvalue weighted by atomic mass is 9.94. The molecule has 8 N–H and O–H groups in total. The van der Waals surface area contributed by atoms with E-state index in [1.54, 1.807) is 0 Å². The minimum atomic E-state index is -5.55. The lowest BCUT2D eigenvalue weighted by Gasteiger charge is -2.41. The maximum atomic E-state index is 13.9. The van der Waals surface area contributed by atoms with Crippen LogP contribution in [0.4, 0.5) is 4.39 Å². The van der Waals surface area contributed by atoms with Crippen LogP contribution in [0.5, 0.6) is 0 Å². The van der Waals surface area contributed by atoms with E-state index >= 15 is 0 Å². The largest absolute Gasteiger partial charge is 0.481 e. The summed E-state index contributed by atoms with van der Waals surface area (Å²) in [6.45, 7) is -6.85. The zero-order chi connectivity index (χ0) is 30.9. The predicted molar refractivity (Wildman–Crippen MR) is 133 cm³/mol. The highest BCUT2D eigenvalue weighted by Gasteiger charge is 2.58. The van der Waals surface area contributed by atoms with Gasteiger partial charge in [0.15, 0.2) is 18.7 Å². The van der Waals surface area contributed by atoms with E-state index in [1.165, 1.54) is 0 Å². The van der Waals surface area contributed by atoms with Crippen molar-refractivity contribution in [3.8, 4) is 12.3 Å². The number of ether oxygens (including phenoxy) is 3. The van der Waals surface area contributed by atoms with Gasteiger partial charge < -0.3 is 54.1 Å². The third-order valence-electron chi connectivity index (χ3n) is 6.11. The third kappa shape index (κ3) is 7.20. The number of phosphoric ester groups is 1. The molecule has 2 aliphatic rings. The summed E-state index contributed by atoms with van der Waals surface area (Å²) >= 11 is 4.68. The zero-order valence-corrected chi connectivity index (χ0v) is 23.4. The van der Waals surface area contributed by atoms with E-state index in [4.69, 9.17) is 30.3 Å². The first-order valence-electron chi connectivity index (χ1n) is 11.3. The van der Waals surface area contributed by atoms with Gasteiger partial charge in [-0.2, -0.15) is 0 Å². The van der Waals surface area contributed by atoms with Crippen LogP contribution < -0.4 is 11.2 Å². The number of nitrogens with zero attached hydrogens (tertiary/aromatic N) is 1. The summed E-state index contributed by atoms with van der Waals surface area (Å²) in [5.74, 6) is 2.17. The predicted octanol–water partition coefficient (Wildman–Crippen LogP) is -3.68. The monoisotopic (exact) mass is 652 g/mol. The Hall–Kier alpha value is -1.47. The van der Waals surface area contributed by atoms with Crippen molar-refractivity contribution in [2.45, 2.75) is 60.9 Å². The van der Waals surface area contributed by atoms with Gasteiger partial charge in [-0.1, -0.05) is 5.92 Å². The number of methoxy groups -OCH3 is 1. The van der Waals surface area contributed by atoms with Crippen LogP contribution in [0.2, 0.25) is 0 Å². The Morgan fingerprint density at radius 1 is 1.24 bits per heavy atom. The molecule has 12 atom stereocenters. The molecular formula is C19H27FN2O16P2S. The topological polar surface area (TPSA) is 269 Å². The number of aliphatic hydroxyl groups excluding tert-OH is 5. The van der Waals surface area contributed by atoms with E-state index in [0.717, 1.165) is 23.9 Å². The van der Waals surface area contributed by atoms with Crippen LogP contribution in [0.25, 0.3) is 0 Å². The smallest absolute Gasteiger partial charge is 0.393 e. The molecule has 3 heterocycles. The molecule has 2 saturated heterocycles. The lowest BCUT2D eigenvalue weighted by Crippen LogP contribution is -2.60. The summed E-state index contributed by atoms with van der Waals surface area (Å²) in [6.07, 6.45) is -11.4. The number of phosphoric acid groups is 1. The van der Waals surface area contributed by atoms with Crippen LogP contribution in [-0.2, 0) is 43.9 Å². The average molecular weight is 652 g/mol. The molecule has 1 aromatic rings. The summed E-state index contributed by atoms with van der Waals surface area (Å²) in [5, 5.41) is 49.5. The number of halogens is 1. The number of rotatable bonds is 11. The molecule has 0 bridgehead atoms. The van der Waals surface area contributed by atoms with Gasteiger partial charge >= 0.3 is 20.2 Å². The fourth-order valence-electron chi connectivity index (χ4n) is 4.05. The Balaban J connectivity index is 1.72. The Bertz CT molecular complexity index is 1340. The van der Waals surface area contributed by atoms with E-state index in [-0.39, 0.29) is 0 Å². The Morgan fingerprint density at radius 2 is 1.90 bits per heavy atom. The van der Waals surface area contributed by atoms with Gasteiger partial charge in [-0.15, -0.1) is 6.42 Å². The van der Waals surface area contributed by atoms with Crippen molar-refractivity contribution < 1.29 is 71.8 Å². The normalized spacial score (nSPS) is 37.6. The highest BCUT2D eigenvalue weighted by atomic mass is 32.5. The summed E-state index contributed by atoms with van der Waals surface area (Å²) in [5.41, 5.74) is -3.76. The molecule has 3 rings (SSSR count). The molecule has 0 radical (unpaired) electrons. The van der Waals surface area contributed by atoms with E-state index in [9.17, 15) is 48.8 Å². The highest BCUT2D eigenvalue weighted by molar-refractivity contribution is 8.08. The number of nitrogens with one attached hydrogen (secondary N) is 1. The van der Waals surface area contributed by atoms with Crippen molar-refractivity contribution in [2.24, 2.45) is 0 Å². The zero-order valence-electron chi connectivity index (χ0n) is 20.8. The van der Waals surface area contributed by atoms with Gasteiger partial charge in [0.2, 0.25) is 5.60 Å². The van der Waals surface area contributed by atoms with Gasteiger partial charge in [0.05, 0.1) is 13.2 Å². The molecule has 0 amide bonds. The second-order valence-electron chi connectivity index (χ2n) is 8.69. The Labute approximate surface area is 234 Å². The maximum absolute atomic E-state index is 13.9. The number of aromatic amines is 1. The molecular weight excluding hydrogens is 625 g/mol. The van der Waals surface area contributed by atoms with E-state index in [0.29, 0.717) is 0 Å². The van der Waals surface area contributed by atoms with Crippen molar-refractivity contribution in [1.82, 2.24) is 9.55 Å². The minimum Gasteiger partial charge on any atom is -0.393 e. The molecule has 0 aliphatic carbocycles. The standard InChI is InChI=1S/C19H27FN2O16P2S/c1-3-19(33-2)15(28)9(35-17(19)22-5-4-10(24)21-18(22)29)7-34-40(32,41)38-39(30,31)37-16-13(27)11(25)12(26)14(36-16)8(20)6-23/h1,4-5,8-9,11-17,23,25-28H,6-7H2,2H3,(H,30,31)(H,32,41)(H,21,24,29)/t8-,9+,11?,12?,13?,14?,15+,16?,17+,19+,40?/m0/s1. The summed E-state index contributed by atoms with van der Waals surface area (Å²) in [6, 6.07) is 0.963. The third-order valence-corrected chi connectivity index (χ3v) is 9.63. The van der Waals surface area contributed by atoms with Crippen LogP contribution in [0, 0.1) is 12.3 Å². The van der Waals surface area contributed by atoms with Gasteiger partial charge in [0, 0.05) is 19.4 Å². The van der Waals surface area contributed by atoms with Gasteiger partial charge in [-0.3, -0.25) is 18.9 Å². The number of hydrogen-bond donors (Lipinski definition) is 8. The molecule has 18 nitrogen and oxygen atoms in total. The van der Waals surface area contributed by atoms with Crippen molar-refractivity contribution in [2.75, 3.05) is 20.3 Å². The van der Waals surface area contributed by atoms with Crippen molar-refractivity contribution in [3.63, 3.8) is 0 Å². The Morgan fingerprint density at radius 3 is 2.46 bits per heavy atom. The van der Waals surface area contributed by atoms with Crippen LogP contribution >= 0.6 is 14.5 Å².